The molecule has 25 heavy (non-hydrogen) atoms. The summed E-state index contributed by atoms with van der Waals surface area (Å²) < 4.78 is 53.2. The van der Waals surface area contributed by atoms with Crippen LogP contribution >= 0.6 is 0 Å². The van der Waals surface area contributed by atoms with E-state index < -0.39 is 27.3 Å². The maximum absolute atomic E-state index is 13.6. The summed E-state index contributed by atoms with van der Waals surface area (Å²) in [6, 6.07) is 5.15. The van der Waals surface area contributed by atoms with Crippen molar-refractivity contribution in [1.82, 2.24) is 25.6 Å². The van der Waals surface area contributed by atoms with Gasteiger partial charge in [-0.3, -0.25) is 4.72 Å². The number of H-pyrrole nitrogens is 1. The average molecular weight is 367 g/mol. The Kier molecular flexibility index (Phi) is 4.52. The van der Waals surface area contributed by atoms with Crippen LogP contribution in [0.2, 0.25) is 0 Å². The second-order valence-electron chi connectivity index (χ2n) is 4.79. The number of hydrogen-bond acceptors (Lipinski definition) is 7. The summed E-state index contributed by atoms with van der Waals surface area (Å²) in [5.41, 5.74) is -0.487. The molecule has 9 nitrogen and oxygen atoms in total. The Labute approximate surface area is 140 Å². The molecule has 2 aromatic heterocycles. The number of tetrazole rings is 1. The Morgan fingerprint density at radius 3 is 2.68 bits per heavy atom. The molecule has 1 aromatic carbocycles. The number of hydrogen-bond donors (Lipinski definition) is 3. The Balaban J connectivity index is 1.72. The third kappa shape index (κ3) is 4.03. The van der Waals surface area contributed by atoms with Gasteiger partial charge in [-0.1, -0.05) is 5.21 Å². The van der Waals surface area contributed by atoms with Gasteiger partial charge in [0.1, 0.15) is 22.3 Å². The highest BCUT2D eigenvalue weighted by Gasteiger charge is 2.17. The summed E-state index contributed by atoms with van der Waals surface area (Å²) in [6.07, 6.45) is 1.08. The monoisotopic (exact) mass is 367 g/mol. The molecule has 0 spiro atoms. The van der Waals surface area contributed by atoms with Crippen molar-refractivity contribution in [2.75, 3.05) is 10.0 Å². The van der Waals surface area contributed by atoms with Gasteiger partial charge in [0.25, 0.3) is 10.0 Å². The minimum Gasteiger partial charge on any atom is -0.363 e. The summed E-state index contributed by atoms with van der Waals surface area (Å²) >= 11 is 0. The lowest BCUT2D eigenvalue weighted by molar-refractivity contribution is 0.594. The van der Waals surface area contributed by atoms with E-state index in [1.807, 2.05) is 4.72 Å². The van der Waals surface area contributed by atoms with Crippen molar-refractivity contribution in [3.05, 3.63) is 54.0 Å². The number of halogens is 2. The fourth-order valence-electron chi connectivity index (χ4n) is 1.85. The summed E-state index contributed by atoms with van der Waals surface area (Å²) in [5, 5.41) is 16.0. The van der Waals surface area contributed by atoms with E-state index in [0.717, 1.165) is 24.4 Å². The minimum absolute atomic E-state index is 0.207. The molecule has 0 aliphatic heterocycles. The van der Waals surface area contributed by atoms with Crippen molar-refractivity contribution in [2.45, 2.75) is 11.4 Å². The van der Waals surface area contributed by atoms with Crippen LogP contribution in [-0.4, -0.2) is 34.0 Å². The molecule has 0 fully saturated rings. The number of aromatic amines is 1. The zero-order valence-corrected chi connectivity index (χ0v) is 13.3. The lowest BCUT2D eigenvalue weighted by Gasteiger charge is -2.09. The Morgan fingerprint density at radius 2 is 2.00 bits per heavy atom. The molecule has 3 N–H and O–H groups in total. The largest absolute Gasteiger partial charge is 0.363 e. The Morgan fingerprint density at radius 1 is 1.16 bits per heavy atom. The van der Waals surface area contributed by atoms with Crippen molar-refractivity contribution in [3.8, 4) is 0 Å². The molecule has 0 unspecified atom stereocenters. The van der Waals surface area contributed by atoms with E-state index in [1.54, 1.807) is 0 Å². The van der Waals surface area contributed by atoms with Crippen molar-refractivity contribution >= 4 is 21.5 Å². The van der Waals surface area contributed by atoms with Crippen molar-refractivity contribution in [2.24, 2.45) is 0 Å². The van der Waals surface area contributed by atoms with Gasteiger partial charge in [0.05, 0.1) is 12.2 Å². The summed E-state index contributed by atoms with van der Waals surface area (Å²) in [5.74, 6) is -0.878. The standard InChI is InChI=1S/C13H11F2N7O2S/c14-8-1-3-10(15)11(5-8)20-25(23,24)9-2-4-12(16-6-9)17-7-13-18-21-22-19-13/h1-6,20H,7H2,(H,16,17)(H,18,19,21,22). The first kappa shape index (κ1) is 16.7. The van der Waals surface area contributed by atoms with Gasteiger partial charge in [0.2, 0.25) is 0 Å². The predicted octanol–water partition coefficient (Wildman–Crippen LogP) is 1.29. The highest BCUT2D eigenvalue weighted by Crippen LogP contribution is 2.20. The SMILES string of the molecule is O=S(=O)(Nc1cc(F)ccc1F)c1ccc(NCc2nn[nH]n2)nc1. The van der Waals surface area contributed by atoms with Crippen LogP contribution in [0.4, 0.5) is 20.3 Å². The fourth-order valence-corrected chi connectivity index (χ4v) is 2.85. The van der Waals surface area contributed by atoms with E-state index in [2.05, 4.69) is 30.9 Å². The van der Waals surface area contributed by atoms with Crippen LogP contribution in [-0.2, 0) is 16.6 Å². The van der Waals surface area contributed by atoms with E-state index in [1.165, 1.54) is 12.1 Å². The molecule has 0 aliphatic rings. The lowest BCUT2D eigenvalue weighted by Crippen LogP contribution is -2.14. The van der Waals surface area contributed by atoms with Gasteiger partial charge in [-0.25, -0.2) is 22.2 Å². The first-order chi connectivity index (χ1) is 11.9. The Bertz CT molecular complexity index is 963. The molecule has 0 radical (unpaired) electrons. The number of anilines is 2. The van der Waals surface area contributed by atoms with Gasteiger partial charge in [-0.15, -0.1) is 10.2 Å². The molecule has 2 heterocycles. The van der Waals surface area contributed by atoms with Crippen molar-refractivity contribution in [1.29, 1.82) is 0 Å². The topological polar surface area (TPSA) is 126 Å². The van der Waals surface area contributed by atoms with E-state index in [0.29, 0.717) is 11.6 Å². The number of sulfonamides is 1. The number of benzene rings is 1. The first-order valence-electron chi connectivity index (χ1n) is 6.84. The van der Waals surface area contributed by atoms with Gasteiger partial charge in [-0.2, -0.15) is 5.21 Å². The molecule has 130 valence electrons. The van der Waals surface area contributed by atoms with Crippen LogP contribution < -0.4 is 10.0 Å². The molecule has 0 saturated carbocycles. The minimum atomic E-state index is -4.11. The van der Waals surface area contributed by atoms with E-state index in [-0.39, 0.29) is 11.4 Å². The molecule has 3 aromatic rings. The highest BCUT2D eigenvalue weighted by molar-refractivity contribution is 7.92. The number of aromatic nitrogens is 5. The van der Waals surface area contributed by atoms with Crippen LogP contribution in [0.25, 0.3) is 0 Å². The van der Waals surface area contributed by atoms with E-state index >= 15 is 0 Å². The second kappa shape index (κ2) is 6.76. The molecule has 0 bridgehead atoms. The number of rotatable bonds is 6. The van der Waals surface area contributed by atoms with E-state index in [9.17, 15) is 17.2 Å². The molecular weight excluding hydrogens is 356 g/mol. The molecule has 12 heteroatoms. The summed E-state index contributed by atoms with van der Waals surface area (Å²) in [4.78, 5) is 3.73. The molecular formula is C13H11F2N7O2S. The average Bonchev–Trinajstić information content (AvgIpc) is 3.10. The number of nitrogens with one attached hydrogen (secondary N) is 3. The fraction of sp³-hybridized carbons (Fsp3) is 0.0769. The molecule has 0 saturated heterocycles. The van der Waals surface area contributed by atoms with Gasteiger partial charge < -0.3 is 5.32 Å². The van der Waals surface area contributed by atoms with Crippen molar-refractivity contribution < 1.29 is 17.2 Å². The van der Waals surface area contributed by atoms with Crippen molar-refractivity contribution in [3.63, 3.8) is 0 Å². The second-order valence-corrected chi connectivity index (χ2v) is 6.47. The number of nitrogens with zero attached hydrogens (tertiary/aromatic N) is 4. The van der Waals surface area contributed by atoms with Gasteiger partial charge >= 0.3 is 0 Å². The van der Waals surface area contributed by atoms with Gasteiger partial charge in [0.15, 0.2) is 5.82 Å². The Hall–Kier alpha value is -3.15. The molecule has 3 rings (SSSR count). The van der Waals surface area contributed by atoms with E-state index in [4.69, 9.17) is 0 Å². The van der Waals surface area contributed by atoms with Crippen LogP contribution in [0.1, 0.15) is 5.82 Å². The lowest BCUT2D eigenvalue weighted by atomic mass is 10.3. The zero-order chi connectivity index (χ0) is 17.9. The molecule has 0 atom stereocenters. The van der Waals surface area contributed by atoms with Crippen LogP contribution in [0, 0.1) is 11.6 Å². The third-order valence-electron chi connectivity index (χ3n) is 3.04. The number of pyridine rings is 1. The smallest absolute Gasteiger partial charge is 0.263 e. The molecule has 0 aliphatic carbocycles. The third-order valence-corrected chi connectivity index (χ3v) is 4.39. The summed E-state index contributed by atoms with van der Waals surface area (Å²) in [7, 11) is -4.11. The normalized spacial score (nSPS) is 11.3. The van der Waals surface area contributed by atoms with Gasteiger partial charge in [-0.05, 0) is 24.3 Å². The van der Waals surface area contributed by atoms with Crippen LogP contribution in [0.15, 0.2) is 41.4 Å². The predicted molar refractivity (Wildman–Crippen MR) is 82.9 cm³/mol. The maximum atomic E-state index is 13.6. The first-order valence-corrected chi connectivity index (χ1v) is 8.32. The zero-order valence-electron chi connectivity index (χ0n) is 12.4. The summed E-state index contributed by atoms with van der Waals surface area (Å²) in [6.45, 7) is 0.238. The van der Waals surface area contributed by atoms with Gasteiger partial charge in [0, 0.05) is 12.3 Å². The highest BCUT2D eigenvalue weighted by atomic mass is 32.2. The van der Waals surface area contributed by atoms with Crippen LogP contribution in [0.5, 0.6) is 0 Å². The van der Waals surface area contributed by atoms with Crippen LogP contribution in [0.3, 0.4) is 0 Å². The molecule has 0 amide bonds. The maximum Gasteiger partial charge on any atom is 0.263 e. The quantitative estimate of drug-likeness (QED) is 0.599.